The Labute approximate surface area is 151 Å². The van der Waals surface area contributed by atoms with Crippen LogP contribution < -0.4 is 10.6 Å². The highest BCUT2D eigenvalue weighted by atomic mass is 16.6. The molecule has 0 radical (unpaired) electrons. The van der Waals surface area contributed by atoms with Gasteiger partial charge in [-0.15, -0.1) is 0 Å². The molecule has 0 saturated heterocycles. The number of aryl methyl sites for hydroxylation is 1. The minimum absolute atomic E-state index is 0.0201. The average Bonchev–Trinajstić information content (AvgIpc) is 2.59. The van der Waals surface area contributed by atoms with Crippen LogP contribution in [-0.4, -0.2) is 30.7 Å². The van der Waals surface area contributed by atoms with E-state index in [0.29, 0.717) is 6.54 Å². The van der Waals surface area contributed by atoms with Gasteiger partial charge >= 0.3 is 6.09 Å². The summed E-state index contributed by atoms with van der Waals surface area (Å²) in [5.41, 5.74) is 2.49. The Morgan fingerprint density at radius 3 is 2.16 bits per heavy atom. The van der Waals surface area contributed by atoms with Crippen molar-refractivity contribution in [1.82, 2.24) is 10.6 Å². The zero-order chi connectivity index (χ0) is 18.8. The molecule has 5 nitrogen and oxygen atoms in total. The molecule has 0 spiro atoms. The van der Waals surface area contributed by atoms with E-state index in [1.807, 2.05) is 27.7 Å². The van der Waals surface area contributed by atoms with E-state index in [1.54, 1.807) is 0 Å². The molecular weight excluding hydrogens is 316 g/mol. The van der Waals surface area contributed by atoms with E-state index in [9.17, 15) is 9.59 Å². The molecule has 0 aliphatic heterocycles. The van der Waals surface area contributed by atoms with Gasteiger partial charge in [0.1, 0.15) is 12.1 Å². The summed E-state index contributed by atoms with van der Waals surface area (Å²) < 4.78 is 5.20. The first kappa shape index (κ1) is 21.0. The summed E-state index contributed by atoms with van der Waals surface area (Å²) in [7, 11) is 0. The SMILES string of the molecule is CCc1ccc(CCNC(=O)[C@@H](NC(=O)OC(C)CC)C(C)C)cc1. The van der Waals surface area contributed by atoms with Crippen LogP contribution in [-0.2, 0) is 22.4 Å². The molecule has 0 heterocycles. The van der Waals surface area contributed by atoms with Crippen molar-refractivity contribution >= 4 is 12.0 Å². The lowest BCUT2D eigenvalue weighted by atomic mass is 10.0. The molecule has 1 aromatic rings. The van der Waals surface area contributed by atoms with Crippen LogP contribution in [0.25, 0.3) is 0 Å². The summed E-state index contributed by atoms with van der Waals surface area (Å²) >= 11 is 0. The summed E-state index contributed by atoms with van der Waals surface area (Å²) in [5, 5.41) is 5.58. The van der Waals surface area contributed by atoms with Crippen LogP contribution in [0.1, 0.15) is 52.2 Å². The zero-order valence-electron chi connectivity index (χ0n) is 16.1. The Balaban J connectivity index is 2.48. The van der Waals surface area contributed by atoms with Crippen molar-refractivity contribution < 1.29 is 14.3 Å². The first-order chi connectivity index (χ1) is 11.9. The maximum absolute atomic E-state index is 12.4. The van der Waals surface area contributed by atoms with Gasteiger partial charge in [-0.1, -0.05) is 52.0 Å². The highest BCUT2D eigenvalue weighted by Gasteiger charge is 2.25. The smallest absolute Gasteiger partial charge is 0.408 e. The second-order valence-corrected chi connectivity index (χ2v) is 6.70. The largest absolute Gasteiger partial charge is 0.447 e. The van der Waals surface area contributed by atoms with Crippen molar-refractivity contribution in [3.8, 4) is 0 Å². The monoisotopic (exact) mass is 348 g/mol. The van der Waals surface area contributed by atoms with E-state index in [2.05, 4.69) is 41.8 Å². The third kappa shape index (κ3) is 7.59. The van der Waals surface area contributed by atoms with E-state index in [-0.39, 0.29) is 17.9 Å². The lowest BCUT2D eigenvalue weighted by molar-refractivity contribution is -0.124. The maximum atomic E-state index is 12.4. The molecule has 0 aliphatic rings. The van der Waals surface area contributed by atoms with Gasteiger partial charge in [0.2, 0.25) is 5.91 Å². The van der Waals surface area contributed by atoms with E-state index in [4.69, 9.17) is 4.74 Å². The second kappa shape index (κ2) is 10.7. The van der Waals surface area contributed by atoms with Gasteiger partial charge in [0.25, 0.3) is 0 Å². The summed E-state index contributed by atoms with van der Waals surface area (Å²) in [6.07, 6.45) is 1.81. The minimum atomic E-state index is -0.598. The molecule has 1 aromatic carbocycles. The van der Waals surface area contributed by atoms with Crippen molar-refractivity contribution in [3.63, 3.8) is 0 Å². The normalized spacial score (nSPS) is 13.2. The lowest BCUT2D eigenvalue weighted by Gasteiger charge is -2.22. The van der Waals surface area contributed by atoms with Crippen molar-refractivity contribution in [1.29, 1.82) is 0 Å². The fraction of sp³-hybridized carbons (Fsp3) is 0.600. The summed E-state index contributed by atoms with van der Waals surface area (Å²) in [5.74, 6) is -0.199. The standard InChI is InChI=1S/C20H32N2O3/c1-6-15(5)25-20(24)22-18(14(3)4)19(23)21-13-12-17-10-8-16(7-2)9-11-17/h8-11,14-15,18H,6-7,12-13H2,1-5H3,(H,21,23)(H,22,24)/t15?,18-/m0/s1. The molecule has 1 unspecified atom stereocenters. The first-order valence-corrected chi connectivity index (χ1v) is 9.20. The van der Waals surface area contributed by atoms with E-state index >= 15 is 0 Å². The van der Waals surface area contributed by atoms with E-state index < -0.39 is 12.1 Å². The molecule has 2 atom stereocenters. The minimum Gasteiger partial charge on any atom is -0.447 e. The summed E-state index contributed by atoms with van der Waals surface area (Å²) in [6.45, 7) is 10.2. The van der Waals surface area contributed by atoms with E-state index in [1.165, 1.54) is 11.1 Å². The van der Waals surface area contributed by atoms with Crippen LogP contribution >= 0.6 is 0 Å². The highest BCUT2D eigenvalue weighted by Crippen LogP contribution is 2.07. The fourth-order valence-corrected chi connectivity index (χ4v) is 2.34. The Morgan fingerprint density at radius 2 is 1.64 bits per heavy atom. The molecule has 2 amide bonds. The molecule has 25 heavy (non-hydrogen) atoms. The van der Waals surface area contributed by atoms with Gasteiger partial charge in [-0.25, -0.2) is 4.79 Å². The Morgan fingerprint density at radius 1 is 1.04 bits per heavy atom. The molecule has 0 saturated carbocycles. The van der Waals surface area contributed by atoms with Crippen molar-refractivity contribution in [2.75, 3.05) is 6.54 Å². The van der Waals surface area contributed by atoms with Gasteiger partial charge in [-0.2, -0.15) is 0 Å². The number of hydrogen-bond donors (Lipinski definition) is 2. The van der Waals surface area contributed by atoms with Gasteiger partial charge in [0.05, 0.1) is 0 Å². The maximum Gasteiger partial charge on any atom is 0.408 e. The number of hydrogen-bond acceptors (Lipinski definition) is 3. The number of carbonyl (C=O) groups excluding carboxylic acids is 2. The Bertz CT molecular complexity index is 540. The lowest BCUT2D eigenvalue weighted by Crippen LogP contribution is -2.50. The van der Waals surface area contributed by atoms with Crippen molar-refractivity contribution in [2.24, 2.45) is 5.92 Å². The second-order valence-electron chi connectivity index (χ2n) is 6.70. The third-order valence-electron chi connectivity index (χ3n) is 4.25. The molecule has 5 heteroatoms. The van der Waals surface area contributed by atoms with Crippen LogP contribution in [0, 0.1) is 5.92 Å². The molecule has 0 bridgehead atoms. The van der Waals surface area contributed by atoms with Gasteiger partial charge in [-0.05, 0) is 43.2 Å². The number of ether oxygens (including phenoxy) is 1. The van der Waals surface area contributed by atoms with Crippen LogP contribution in [0.2, 0.25) is 0 Å². The van der Waals surface area contributed by atoms with E-state index in [0.717, 1.165) is 19.3 Å². The molecule has 1 rings (SSSR count). The molecular formula is C20H32N2O3. The number of nitrogens with one attached hydrogen (secondary N) is 2. The molecule has 0 aliphatic carbocycles. The fourth-order valence-electron chi connectivity index (χ4n) is 2.34. The van der Waals surface area contributed by atoms with Gasteiger partial charge in [0, 0.05) is 6.54 Å². The summed E-state index contributed by atoms with van der Waals surface area (Å²) in [4.78, 5) is 24.3. The Hall–Kier alpha value is -2.04. The number of rotatable bonds is 9. The van der Waals surface area contributed by atoms with Gasteiger partial charge in [0.15, 0.2) is 0 Å². The molecule has 0 aromatic heterocycles. The predicted molar refractivity (Wildman–Crippen MR) is 101 cm³/mol. The van der Waals surface area contributed by atoms with Crippen LogP contribution in [0.5, 0.6) is 0 Å². The van der Waals surface area contributed by atoms with Crippen LogP contribution in [0.3, 0.4) is 0 Å². The zero-order valence-corrected chi connectivity index (χ0v) is 16.1. The highest BCUT2D eigenvalue weighted by molar-refractivity contribution is 5.85. The predicted octanol–water partition coefficient (Wildman–Crippen LogP) is 3.46. The average molecular weight is 348 g/mol. The quantitative estimate of drug-likeness (QED) is 0.718. The molecule has 0 fully saturated rings. The number of alkyl carbamates (subject to hydrolysis) is 1. The molecule has 2 N–H and O–H groups in total. The van der Waals surface area contributed by atoms with Crippen LogP contribution in [0.15, 0.2) is 24.3 Å². The number of benzene rings is 1. The number of amides is 2. The summed E-state index contributed by atoms with van der Waals surface area (Å²) in [6, 6.07) is 7.81. The molecule has 140 valence electrons. The first-order valence-electron chi connectivity index (χ1n) is 9.20. The van der Waals surface area contributed by atoms with Crippen molar-refractivity contribution in [3.05, 3.63) is 35.4 Å². The number of carbonyl (C=O) groups is 2. The van der Waals surface area contributed by atoms with Gasteiger partial charge < -0.3 is 15.4 Å². The van der Waals surface area contributed by atoms with Crippen LogP contribution in [0.4, 0.5) is 4.79 Å². The van der Waals surface area contributed by atoms with Gasteiger partial charge in [-0.3, -0.25) is 4.79 Å². The Kier molecular flexibility index (Phi) is 9.03. The topological polar surface area (TPSA) is 67.4 Å². The third-order valence-corrected chi connectivity index (χ3v) is 4.25. The van der Waals surface area contributed by atoms with Crippen molar-refractivity contribution in [2.45, 2.75) is 66.0 Å².